The summed E-state index contributed by atoms with van der Waals surface area (Å²) in [4.78, 5) is 20.5. The third-order valence-corrected chi connectivity index (χ3v) is 4.43. The number of halogens is 1. The minimum Gasteiger partial charge on any atom is -0.495 e. The number of hydrogen-bond acceptors (Lipinski definition) is 4. The van der Waals surface area contributed by atoms with Crippen LogP contribution in [0.5, 0.6) is 5.75 Å². The zero-order valence-corrected chi connectivity index (χ0v) is 14.9. The molecule has 2 heterocycles. The van der Waals surface area contributed by atoms with Gasteiger partial charge in [0.15, 0.2) is 0 Å². The first kappa shape index (κ1) is 17.4. The number of methoxy groups -OCH3 is 1. The molecule has 25 heavy (non-hydrogen) atoms. The lowest BCUT2D eigenvalue weighted by molar-refractivity contribution is 0.193. The van der Waals surface area contributed by atoms with E-state index >= 15 is 0 Å². The smallest absolute Gasteiger partial charge is 0.317 e. The van der Waals surface area contributed by atoms with E-state index in [1.54, 1.807) is 13.3 Å². The van der Waals surface area contributed by atoms with Gasteiger partial charge in [-0.3, -0.25) is 4.98 Å². The summed E-state index contributed by atoms with van der Waals surface area (Å²) in [6.45, 7) is 3.18. The van der Waals surface area contributed by atoms with E-state index in [-0.39, 0.29) is 6.03 Å². The number of carbonyl (C=O) groups is 1. The summed E-state index contributed by atoms with van der Waals surface area (Å²) in [5, 5.41) is 3.59. The first-order chi connectivity index (χ1) is 12.2. The zero-order valence-electron chi connectivity index (χ0n) is 14.1. The lowest BCUT2D eigenvalue weighted by atomic mass is 10.2. The Morgan fingerprint density at radius 2 is 2.04 bits per heavy atom. The molecule has 0 unspecified atom stereocenters. The van der Waals surface area contributed by atoms with Crippen molar-refractivity contribution in [3.8, 4) is 5.75 Å². The van der Waals surface area contributed by atoms with Crippen molar-refractivity contribution >= 4 is 23.3 Å². The molecular weight excluding hydrogens is 340 g/mol. The monoisotopic (exact) mass is 360 g/mol. The quantitative estimate of drug-likeness (QED) is 0.910. The van der Waals surface area contributed by atoms with Crippen LogP contribution in [0.4, 0.5) is 10.5 Å². The van der Waals surface area contributed by atoms with Crippen LogP contribution >= 0.6 is 11.6 Å². The third kappa shape index (κ3) is 4.33. The van der Waals surface area contributed by atoms with Crippen LogP contribution in [0.15, 0.2) is 42.6 Å². The maximum Gasteiger partial charge on any atom is 0.317 e. The van der Waals surface area contributed by atoms with E-state index in [9.17, 15) is 4.79 Å². The van der Waals surface area contributed by atoms with Crippen LogP contribution in [0.2, 0.25) is 5.02 Å². The largest absolute Gasteiger partial charge is 0.495 e. The molecule has 1 aromatic heterocycles. The molecule has 1 saturated heterocycles. The van der Waals surface area contributed by atoms with Gasteiger partial charge in [0.05, 0.1) is 25.0 Å². The highest BCUT2D eigenvalue weighted by atomic mass is 35.5. The van der Waals surface area contributed by atoms with Gasteiger partial charge in [-0.05, 0) is 30.3 Å². The molecule has 132 valence electrons. The van der Waals surface area contributed by atoms with Crippen molar-refractivity contribution in [2.24, 2.45) is 0 Å². The molecule has 2 amide bonds. The van der Waals surface area contributed by atoms with Crippen LogP contribution in [-0.4, -0.2) is 49.2 Å². The minimum absolute atomic E-state index is 0.0663. The SMILES string of the molecule is COc1ccc(Cl)cc1N1CCN(C(=O)NCc2ccccn2)CC1. The molecule has 1 aliphatic rings. The number of nitrogens with zero attached hydrogens (tertiary/aromatic N) is 3. The van der Waals surface area contributed by atoms with E-state index in [1.165, 1.54) is 0 Å². The van der Waals surface area contributed by atoms with Crippen molar-refractivity contribution in [2.75, 3.05) is 38.2 Å². The van der Waals surface area contributed by atoms with Crippen molar-refractivity contribution < 1.29 is 9.53 Å². The Kier molecular flexibility index (Phi) is 5.60. The molecule has 1 aliphatic heterocycles. The van der Waals surface area contributed by atoms with Crippen LogP contribution in [-0.2, 0) is 6.54 Å². The van der Waals surface area contributed by atoms with E-state index in [4.69, 9.17) is 16.3 Å². The summed E-state index contributed by atoms with van der Waals surface area (Å²) in [5.74, 6) is 0.789. The Labute approximate surface area is 152 Å². The summed E-state index contributed by atoms with van der Waals surface area (Å²) in [7, 11) is 1.65. The molecule has 0 saturated carbocycles. The summed E-state index contributed by atoms with van der Waals surface area (Å²) >= 11 is 6.11. The summed E-state index contributed by atoms with van der Waals surface area (Å²) < 4.78 is 5.42. The van der Waals surface area contributed by atoms with Gasteiger partial charge in [0.2, 0.25) is 0 Å². The number of nitrogens with one attached hydrogen (secondary N) is 1. The third-order valence-electron chi connectivity index (χ3n) is 4.20. The van der Waals surface area contributed by atoms with Crippen LogP contribution in [0.25, 0.3) is 0 Å². The fraction of sp³-hybridized carbons (Fsp3) is 0.333. The van der Waals surface area contributed by atoms with Gasteiger partial charge in [0.1, 0.15) is 5.75 Å². The van der Waals surface area contributed by atoms with E-state index in [0.29, 0.717) is 24.7 Å². The summed E-state index contributed by atoms with van der Waals surface area (Å²) in [6.07, 6.45) is 1.72. The molecule has 0 atom stereocenters. The molecule has 6 nitrogen and oxygen atoms in total. The number of carbonyl (C=O) groups excluding carboxylic acids is 1. The Morgan fingerprint density at radius 3 is 2.72 bits per heavy atom. The second-order valence-corrected chi connectivity index (χ2v) is 6.21. The molecule has 0 aliphatic carbocycles. The van der Waals surface area contributed by atoms with Crippen molar-refractivity contribution in [3.05, 3.63) is 53.3 Å². The number of piperazine rings is 1. The number of anilines is 1. The first-order valence-electron chi connectivity index (χ1n) is 8.18. The normalized spacial score (nSPS) is 14.3. The van der Waals surface area contributed by atoms with Crippen LogP contribution in [0.1, 0.15) is 5.69 Å². The standard InChI is InChI=1S/C18H21ClN4O2/c1-25-17-6-5-14(19)12-16(17)22-8-10-23(11-9-22)18(24)21-13-15-4-2-3-7-20-15/h2-7,12H,8-11,13H2,1H3,(H,21,24). The molecule has 7 heteroatoms. The van der Waals surface area contributed by atoms with Crippen molar-refractivity contribution in [1.29, 1.82) is 0 Å². The fourth-order valence-electron chi connectivity index (χ4n) is 2.84. The number of hydrogen-bond donors (Lipinski definition) is 1. The average Bonchev–Trinajstić information content (AvgIpc) is 2.67. The fourth-order valence-corrected chi connectivity index (χ4v) is 3.01. The summed E-state index contributed by atoms with van der Waals surface area (Å²) in [5.41, 5.74) is 1.81. The Hall–Kier alpha value is -2.47. The van der Waals surface area contributed by atoms with E-state index < -0.39 is 0 Å². The summed E-state index contributed by atoms with van der Waals surface area (Å²) in [6, 6.07) is 11.2. The number of pyridine rings is 1. The topological polar surface area (TPSA) is 57.7 Å². The van der Waals surface area contributed by atoms with E-state index in [1.807, 2.05) is 41.3 Å². The Balaban J connectivity index is 1.55. The molecule has 0 radical (unpaired) electrons. The van der Waals surface area contributed by atoms with Gasteiger partial charge in [0, 0.05) is 37.4 Å². The van der Waals surface area contributed by atoms with Crippen LogP contribution in [0, 0.1) is 0 Å². The minimum atomic E-state index is -0.0663. The lowest BCUT2D eigenvalue weighted by Crippen LogP contribution is -2.51. The van der Waals surface area contributed by atoms with Gasteiger partial charge in [-0.2, -0.15) is 0 Å². The first-order valence-corrected chi connectivity index (χ1v) is 8.56. The van der Waals surface area contributed by atoms with Gasteiger partial charge in [-0.25, -0.2) is 4.79 Å². The van der Waals surface area contributed by atoms with Gasteiger partial charge in [-0.1, -0.05) is 17.7 Å². The predicted molar refractivity (Wildman–Crippen MR) is 98.3 cm³/mol. The molecule has 1 aromatic carbocycles. The highest BCUT2D eigenvalue weighted by Gasteiger charge is 2.23. The molecule has 1 fully saturated rings. The maximum absolute atomic E-state index is 12.3. The van der Waals surface area contributed by atoms with Gasteiger partial charge < -0.3 is 19.9 Å². The number of aromatic nitrogens is 1. The zero-order chi connectivity index (χ0) is 17.6. The van der Waals surface area contributed by atoms with E-state index in [0.717, 1.165) is 30.2 Å². The van der Waals surface area contributed by atoms with Crippen molar-refractivity contribution in [2.45, 2.75) is 6.54 Å². The number of rotatable bonds is 4. The van der Waals surface area contributed by atoms with Crippen LogP contribution in [0.3, 0.4) is 0 Å². The molecule has 3 rings (SSSR count). The number of urea groups is 1. The second-order valence-electron chi connectivity index (χ2n) is 5.77. The van der Waals surface area contributed by atoms with Gasteiger partial charge >= 0.3 is 6.03 Å². The lowest BCUT2D eigenvalue weighted by Gasteiger charge is -2.36. The number of amides is 2. The molecule has 0 bridgehead atoms. The van der Waals surface area contributed by atoms with Crippen molar-refractivity contribution in [3.63, 3.8) is 0 Å². The van der Waals surface area contributed by atoms with E-state index in [2.05, 4.69) is 15.2 Å². The molecule has 0 spiro atoms. The Bertz CT molecular complexity index is 718. The second kappa shape index (κ2) is 8.07. The highest BCUT2D eigenvalue weighted by molar-refractivity contribution is 6.30. The Morgan fingerprint density at radius 1 is 1.24 bits per heavy atom. The maximum atomic E-state index is 12.3. The van der Waals surface area contributed by atoms with Crippen LogP contribution < -0.4 is 15.0 Å². The van der Waals surface area contributed by atoms with Gasteiger partial charge in [-0.15, -0.1) is 0 Å². The predicted octanol–water partition coefficient (Wildman–Crippen LogP) is 2.78. The average molecular weight is 361 g/mol. The number of ether oxygens (including phenoxy) is 1. The molecular formula is C18H21ClN4O2. The highest BCUT2D eigenvalue weighted by Crippen LogP contribution is 2.31. The molecule has 2 aromatic rings. The van der Waals surface area contributed by atoms with Crippen molar-refractivity contribution in [1.82, 2.24) is 15.2 Å². The number of benzene rings is 1. The molecule has 1 N–H and O–H groups in total. The van der Waals surface area contributed by atoms with Gasteiger partial charge in [0.25, 0.3) is 0 Å².